The van der Waals surface area contributed by atoms with E-state index >= 15 is 0 Å². The summed E-state index contributed by atoms with van der Waals surface area (Å²) in [5, 5.41) is 9.82. The number of carbonyl (C=O) groups excluding carboxylic acids is 1. The first-order valence-corrected chi connectivity index (χ1v) is 9.03. The standard InChI is InChI=1S/C20H25ClN4O2.HI/c1-22-19(26)16-6-4-5-14(11-16)13-25-20(23-2)24-10-9-15-7-8-17(27-3)12-18(15)21;/h4-8,11-12H,9-10,13H2,1-3H3,(H,22,26)(H2,23,24,25);1H. The molecule has 0 unspecified atom stereocenters. The fourth-order valence-electron chi connectivity index (χ4n) is 2.55. The molecular formula is C20H26ClIN4O2. The smallest absolute Gasteiger partial charge is 0.251 e. The Hall–Kier alpha value is -2.00. The molecule has 0 fully saturated rings. The predicted molar refractivity (Wildman–Crippen MR) is 125 cm³/mol. The summed E-state index contributed by atoms with van der Waals surface area (Å²) in [7, 11) is 4.96. The number of ether oxygens (including phenoxy) is 1. The molecule has 0 aliphatic rings. The van der Waals surface area contributed by atoms with Crippen LogP contribution < -0.4 is 20.7 Å². The number of hydrogen-bond donors (Lipinski definition) is 3. The minimum atomic E-state index is -0.101. The number of carbonyl (C=O) groups is 1. The second-order valence-corrected chi connectivity index (χ2v) is 6.25. The summed E-state index contributed by atoms with van der Waals surface area (Å²) in [6.07, 6.45) is 0.760. The molecule has 0 spiro atoms. The van der Waals surface area contributed by atoms with Crippen molar-refractivity contribution >= 4 is 47.4 Å². The van der Waals surface area contributed by atoms with Gasteiger partial charge in [0, 0.05) is 37.8 Å². The topological polar surface area (TPSA) is 74.8 Å². The molecule has 0 radical (unpaired) electrons. The van der Waals surface area contributed by atoms with E-state index in [0.717, 1.165) is 23.3 Å². The van der Waals surface area contributed by atoms with Crippen LogP contribution in [0, 0.1) is 0 Å². The van der Waals surface area contributed by atoms with Crippen LogP contribution in [-0.4, -0.2) is 39.6 Å². The molecule has 2 rings (SSSR count). The van der Waals surface area contributed by atoms with Gasteiger partial charge >= 0.3 is 0 Å². The van der Waals surface area contributed by atoms with Crippen molar-refractivity contribution in [1.29, 1.82) is 0 Å². The Balaban J connectivity index is 0.00000392. The van der Waals surface area contributed by atoms with E-state index in [0.29, 0.717) is 29.6 Å². The van der Waals surface area contributed by atoms with Gasteiger partial charge < -0.3 is 20.7 Å². The van der Waals surface area contributed by atoms with Crippen molar-refractivity contribution in [2.45, 2.75) is 13.0 Å². The summed E-state index contributed by atoms with van der Waals surface area (Å²) in [5.74, 6) is 1.33. The zero-order valence-electron chi connectivity index (χ0n) is 16.2. The maximum absolute atomic E-state index is 11.7. The van der Waals surface area contributed by atoms with Crippen LogP contribution in [0.4, 0.5) is 0 Å². The van der Waals surface area contributed by atoms with Crippen LogP contribution in [0.15, 0.2) is 47.5 Å². The zero-order valence-corrected chi connectivity index (χ0v) is 19.3. The number of halogens is 2. The fraction of sp³-hybridized carbons (Fsp3) is 0.300. The fourth-order valence-corrected chi connectivity index (χ4v) is 2.81. The van der Waals surface area contributed by atoms with Crippen molar-refractivity contribution < 1.29 is 9.53 Å². The Morgan fingerprint density at radius 3 is 2.61 bits per heavy atom. The number of rotatable bonds is 7. The lowest BCUT2D eigenvalue weighted by atomic mass is 10.1. The molecule has 2 aromatic rings. The molecule has 0 atom stereocenters. The van der Waals surface area contributed by atoms with Gasteiger partial charge in [-0.3, -0.25) is 9.79 Å². The van der Waals surface area contributed by atoms with Crippen LogP contribution in [0.2, 0.25) is 5.02 Å². The van der Waals surface area contributed by atoms with E-state index in [1.165, 1.54) is 0 Å². The van der Waals surface area contributed by atoms with Crippen LogP contribution in [-0.2, 0) is 13.0 Å². The van der Waals surface area contributed by atoms with Gasteiger partial charge in [0.1, 0.15) is 5.75 Å². The van der Waals surface area contributed by atoms with E-state index in [2.05, 4.69) is 20.9 Å². The first-order valence-electron chi connectivity index (χ1n) is 8.65. The van der Waals surface area contributed by atoms with Gasteiger partial charge in [0.25, 0.3) is 5.91 Å². The van der Waals surface area contributed by atoms with Crippen molar-refractivity contribution in [3.8, 4) is 5.75 Å². The van der Waals surface area contributed by atoms with Crippen molar-refractivity contribution in [1.82, 2.24) is 16.0 Å². The molecule has 8 heteroatoms. The normalized spacial score (nSPS) is 10.6. The molecule has 0 bridgehead atoms. The lowest BCUT2D eigenvalue weighted by molar-refractivity contribution is 0.0963. The molecule has 0 aliphatic heterocycles. The number of aliphatic imine (C=N–C) groups is 1. The summed E-state index contributed by atoms with van der Waals surface area (Å²) >= 11 is 6.26. The maximum atomic E-state index is 11.7. The lowest BCUT2D eigenvalue weighted by Crippen LogP contribution is -2.37. The second kappa shape index (κ2) is 12.5. The highest BCUT2D eigenvalue weighted by Gasteiger charge is 2.06. The molecule has 0 aromatic heterocycles. The third-order valence-corrected chi connectivity index (χ3v) is 4.40. The van der Waals surface area contributed by atoms with Crippen molar-refractivity contribution in [3.63, 3.8) is 0 Å². The number of hydrogen-bond acceptors (Lipinski definition) is 3. The monoisotopic (exact) mass is 516 g/mol. The number of amides is 1. The van der Waals surface area contributed by atoms with E-state index in [1.54, 1.807) is 27.3 Å². The van der Waals surface area contributed by atoms with Gasteiger partial charge in [-0.2, -0.15) is 0 Å². The summed E-state index contributed by atoms with van der Waals surface area (Å²) in [5.41, 5.74) is 2.67. The largest absolute Gasteiger partial charge is 0.497 e. The summed E-state index contributed by atoms with van der Waals surface area (Å²) in [4.78, 5) is 15.9. The van der Waals surface area contributed by atoms with Crippen LogP contribution in [0.1, 0.15) is 21.5 Å². The Morgan fingerprint density at radius 1 is 1.18 bits per heavy atom. The first-order chi connectivity index (χ1) is 13.1. The number of methoxy groups -OCH3 is 1. The van der Waals surface area contributed by atoms with Gasteiger partial charge in [0.15, 0.2) is 5.96 Å². The molecule has 0 aliphatic carbocycles. The summed E-state index contributed by atoms with van der Waals surface area (Å²) < 4.78 is 5.16. The molecule has 2 aromatic carbocycles. The Morgan fingerprint density at radius 2 is 1.96 bits per heavy atom. The highest BCUT2D eigenvalue weighted by atomic mass is 127. The van der Waals surface area contributed by atoms with Gasteiger partial charge in [-0.1, -0.05) is 29.8 Å². The minimum Gasteiger partial charge on any atom is -0.497 e. The van der Waals surface area contributed by atoms with Crippen LogP contribution >= 0.6 is 35.6 Å². The summed E-state index contributed by atoms with van der Waals surface area (Å²) in [6.45, 7) is 1.25. The second-order valence-electron chi connectivity index (χ2n) is 5.84. The van der Waals surface area contributed by atoms with Crippen LogP contribution in [0.3, 0.4) is 0 Å². The summed E-state index contributed by atoms with van der Waals surface area (Å²) in [6, 6.07) is 13.1. The maximum Gasteiger partial charge on any atom is 0.251 e. The Labute approximate surface area is 188 Å². The van der Waals surface area contributed by atoms with E-state index in [-0.39, 0.29) is 29.9 Å². The predicted octanol–water partition coefficient (Wildman–Crippen LogP) is 3.23. The average Bonchev–Trinajstić information content (AvgIpc) is 2.71. The number of nitrogens with one attached hydrogen (secondary N) is 3. The highest BCUT2D eigenvalue weighted by Crippen LogP contribution is 2.22. The molecule has 0 saturated carbocycles. The minimum absolute atomic E-state index is 0. The Bertz CT molecular complexity index is 815. The first kappa shape index (κ1) is 24.0. The molecule has 0 heterocycles. The third-order valence-electron chi connectivity index (χ3n) is 4.05. The highest BCUT2D eigenvalue weighted by molar-refractivity contribution is 14.0. The molecule has 28 heavy (non-hydrogen) atoms. The zero-order chi connectivity index (χ0) is 19.6. The number of nitrogens with zero attached hydrogens (tertiary/aromatic N) is 1. The van der Waals surface area contributed by atoms with E-state index in [4.69, 9.17) is 16.3 Å². The third kappa shape index (κ3) is 7.20. The van der Waals surface area contributed by atoms with E-state index in [1.807, 2.05) is 36.4 Å². The quantitative estimate of drug-likeness (QED) is 0.300. The lowest BCUT2D eigenvalue weighted by Gasteiger charge is -2.13. The Kier molecular flexibility index (Phi) is 10.7. The van der Waals surface area contributed by atoms with Crippen LogP contribution in [0.25, 0.3) is 0 Å². The van der Waals surface area contributed by atoms with Gasteiger partial charge in [-0.05, 0) is 41.8 Å². The van der Waals surface area contributed by atoms with Gasteiger partial charge in [-0.25, -0.2) is 0 Å². The van der Waals surface area contributed by atoms with Crippen molar-refractivity contribution in [3.05, 3.63) is 64.2 Å². The molecule has 6 nitrogen and oxygen atoms in total. The average molecular weight is 517 g/mol. The van der Waals surface area contributed by atoms with Crippen LogP contribution in [0.5, 0.6) is 5.75 Å². The molecular weight excluding hydrogens is 491 g/mol. The van der Waals surface area contributed by atoms with Gasteiger partial charge in [0.2, 0.25) is 0 Å². The molecule has 0 saturated heterocycles. The molecule has 152 valence electrons. The number of benzene rings is 2. The van der Waals surface area contributed by atoms with Crippen molar-refractivity contribution in [2.75, 3.05) is 27.7 Å². The molecule has 1 amide bonds. The van der Waals surface area contributed by atoms with Gasteiger partial charge in [0.05, 0.1) is 7.11 Å². The number of guanidine groups is 1. The van der Waals surface area contributed by atoms with E-state index in [9.17, 15) is 4.79 Å². The SMILES string of the molecule is CN=C(NCCc1ccc(OC)cc1Cl)NCc1cccc(C(=O)NC)c1.I. The van der Waals surface area contributed by atoms with Gasteiger partial charge in [-0.15, -0.1) is 24.0 Å². The van der Waals surface area contributed by atoms with Crippen molar-refractivity contribution in [2.24, 2.45) is 4.99 Å². The van der Waals surface area contributed by atoms with E-state index < -0.39 is 0 Å². The molecule has 3 N–H and O–H groups in total.